The minimum absolute atomic E-state index is 0.0618. The van der Waals surface area contributed by atoms with Crippen molar-refractivity contribution in [1.82, 2.24) is 9.80 Å². The number of carboxylic acid groups (broad SMARTS) is 1. The van der Waals surface area contributed by atoms with E-state index in [4.69, 9.17) is 4.74 Å². The first-order valence-electron chi connectivity index (χ1n) is 10.3. The number of likely N-dealkylation sites (N-methyl/N-ethyl adjacent to an activating group) is 1. The molecule has 1 aliphatic rings. The number of carbonyl (C=O) groups excluding carboxylic acids is 2. The van der Waals surface area contributed by atoms with Gasteiger partial charge in [0.05, 0.1) is 0 Å². The first-order valence-corrected chi connectivity index (χ1v) is 10.3. The molecule has 1 atom stereocenters. The van der Waals surface area contributed by atoms with Crippen molar-refractivity contribution in [3.05, 3.63) is 12.7 Å². The van der Waals surface area contributed by atoms with E-state index >= 15 is 0 Å². The molecule has 1 N–H and O–H groups in total. The van der Waals surface area contributed by atoms with E-state index in [1.54, 1.807) is 0 Å². The average Bonchev–Trinajstić information content (AvgIpc) is 2.66. The number of hydrogen-bond donors (Lipinski definition) is 1. The largest absolute Gasteiger partial charge is 0.480 e. The Labute approximate surface area is 168 Å². The molecule has 1 fully saturated rings. The molecule has 0 aliphatic heterocycles. The molecule has 1 rings (SSSR count). The van der Waals surface area contributed by atoms with Crippen LogP contribution in [0.2, 0.25) is 0 Å². The first-order chi connectivity index (χ1) is 13.3. The Morgan fingerprint density at radius 3 is 2.39 bits per heavy atom. The fourth-order valence-electron chi connectivity index (χ4n) is 3.69. The van der Waals surface area contributed by atoms with Gasteiger partial charge >= 0.3 is 12.1 Å². The molecule has 28 heavy (non-hydrogen) atoms. The van der Waals surface area contributed by atoms with Crippen LogP contribution in [0.15, 0.2) is 12.7 Å². The van der Waals surface area contributed by atoms with Gasteiger partial charge in [0.25, 0.3) is 0 Å². The van der Waals surface area contributed by atoms with Crippen LogP contribution in [0.4, 0.5) is 4.79 Å². The number of nitrogens with zero attached hydrogens (tertiary/aromatic N) is 2. The highest BCUT2D eigenvalue weighted by Gasteiger charge is 2.33. The molecule has 0 bridgehead atoms. The van der Waals surface area contributed by atoms with Crippen LogP contribution in [-0.4, -0.2) is 65.7 Å². The van der Waals surface area contributed by atoms with Gasteiger partial charge in [-0.1, -0.05) is 58.6 Å². The standard InChI is InChI=1S/C21H36N2O5/c1-5-13-28-21(27)22(4)18(14-16(2)3)20(26)23(15-19(24)25)12-11-17-9-7-6-8-10-17/h5,16-18H,1,6-15H2,2-4H3,(H,24,25)/t18-/m0/s1. The van der Waals surface area contributed by atoms with Crippen molar-refractivity contribution in [2.24, 2.45) is 11.8 Å². The van der Waals surface area contributed by atoms with Crippen LogP contribution >= 0.6 is 0 Å². The highest BCUT2D eigenvalue weighted by molar-refractivity contribution is 5.88. The normalized spacial score (nSPS) is 15.7. The Morgan fingerprint density at radius 2 is 1.86 bits per heavy atom. The van der Waals surface area contributed by atoms with Crippen molar-refractivity contribution in [3.8, 4) is 0 Å². The third-order valence-corrected chi connectivity index (χ3v) is 5.23. The van der Waals surface area contributed by atoms with Crippen LogP contribution in [0.5, 0.6) is 0 Å². The molecular formula is C21H36N2O5. The summed E-state index contributed by atoms with van der Waals surface area (Å²) in [6, 6.07) is -0.747. The van der Waals surface area contributed by atoms with E-state index in [1.165, 1.54) is 42.2 Å². The zero-order valence-corrected chi connectivity index (χ0v) is 17.6. The summed E-state index contributed by atoms with van der Waals surface area (Å²) in [5.74, 6) is -0.674. The molecule has 0 spiro atoms. The zero-order chi connectivity index (χ0) is 21.1. The maximum Gasteiger partial charge on any atom is 0.410 e. The summed E-state index contributed by atoms with van der Waals surface area (Å²) in [7, 11) is 1.52. The number of carboxylic acids is 1. The van der Waals surface area contributed by atoms with Gasteiger partial charge in [-0.2, -0.15) is 0 Å². The first kappa shape index (κ1) is 24.0. The third-order valence-electron chi connectivity index (χ3n) is 5.23. The maximum absolute atomic E-state index is 13.2. The summed E-state index contributed by atoms with van der Waals surface area (Å²) < 4.78 is 5.06. The lowest BCUT2D eigenvalue weighted by molar-refractivity contribution is -0.147. The van der Waals surface area contributed by atoms with Gasteiger partial charge in [-0.15, -0.1) is 0 Å². The highest BCUT2D eigenvalue weighted by atomic mass is 16.6. The van der Waals surface area contributed by atoms with Gasteiger partial charge < -0.3 is 14.7 Å². The Morgan fingerprint density at radius 1 is 1.21 bits per heavy atom. The van der Waals surface area contributed by atoms with Crippen molar-refractivity contribution in [2.45, 2.75) is 64.8 Å². The van der Waals surface area contributed by atoms with E-state index in [0.29, 0.717) is 18.9 Å². The molecule has 7 heteroatoms. The second-order valence-electron chi connectivity index (χ2n) is 8.07. The van der Waals surface area contributed by atoms with Gasteiger partial charge in [-0.3, -0.25) is 14.5 Å². The second kappa shape index (κ2) is 12.4. The van der Waals surface area contributed by atoms with Gasteiger partial charge in [0.1, 0.15) is 19.2 Å². The van der Waals surface area contributed by atoms with Crippen LogP contribution in [-0.2, 0) is 14.3 Å². The van der Waals surface area contributed by atoms with E-state index in [9.17, 15) is 19.5 Å². The summed E-state index contributed by atoms with van der Waals surface area (Å²) in [6.45, 7) is 7.56. The van der Waals surface area contributed by atoms with Crippen LogP contribution in [0.3, 0.4) is 0 Å². The van der Waals surface area contributed by atoms with Crippen LogP contribution in [0.25, 0.3) is 0 Å². The molecule has 1 aliphatic carbocycles. The Bertz CT molecular complexity index is 529. The summed E-state index contributed by atoms with van der Waals surface area (Å²) in [5.41, 5.74) is 0. The molecule has 0 unspecified atom stereocenters. The zero-order valence-electron chi connectivity index (χ0n) is 17.6. The van der Waals surface area contributed by atoms with E-state index in [2.05, 4.69) is 6.58 Å². The van der Waals surface area contributed by atoms with E-state index in [1.807, 2.05) is 13.8 Å². The van der Waals surface area contributed by atoms with Gasteiger partial charge in [0.15, 0.2) is 0 Å². The minimum atomic E-state index is -1.04. The van der Waals surface area contributed by atoms with Crippen molar-refractivity contribution in [2.75, 3.05) is 26.7 Å². The molecule has 0 aromatic heterocycles. The third kappa shape index (κ3) is 8.31. The fraction of sp³-hybridized carbons (Fsp3) is 0.762. The number of amides is 2. The van der Waals surface area contributed by atoms with Crippen molar-refractivity contribution in [3.63, 3.8) is 0 Å². The quantitative estimate of drug-likeness (QED) is 0.540. The fourth-order valence-corrected chi connectivity index (χ4v) is 3.69. The predicted molar refractivity (Wildman–Crippen MR) is 108 cm³/mol. The van der Waals surface area contributed by atoms with Gasteiger partial charge in [0.2, 0.25) is 5.91 Å². The van der Waals surface area contributed by atoms with E-state index < -0.39 is 18.1 Å². The summed E-state index contributed by atoms with van der Waals surface area (Å²) in [5, 5.41) is 9.29. The second-order valence-corrected chi connectivity index (χ2v) is 8.07. The number of ether oxygens (including phenoxy) is 1. The highest BCUT2D eigenvalue weighted by Crippen LogP contribution is 2.26. The molecule has 0 saturated heterocycles. The molecular weight excluding hydrogens is 360 g/mol. The Kier molecular flexibility index (Phi) is 10.6. The molecule has 0 radical (unpaired) electrons. The molecule has 0 heterocycles. The van der Waals surface area contributed by atoms with Crippen molar-refractivity contribution >= 4 is 18.0 Å². The molecule has 160 valence electrons. The monoisotopic (exact) mass is 396 g/mol. The molecule has 0 aromatic rings. The topological polar surface area (TPSA) is 87.2 Å². The summed E-state index contributed by atoms with van der Waals surface area (Å²) >= 11 is 0. The van der Waals surface area contributed by atoms with E-state index in [0.717, 1.165) is 19.3 Å². The Balaban J connectivity index is 2.88. The van der Waals surface area contributed by atoms with Gasteiger partial charge in [0, 0.05) is 13.6 Å². The number of carbonyl (C=O) groups is 3. The summed E-state index contributed by atoms with van der Waals surface area (Å²) in [4.78, 5) is 39.5. The van der Waals surface area contributed by atoms with Crippen LogP contribution < -0.4 is 0 Å². The lowest BCUT2D eigenvalue weighted by atomic mass is 9.87. The number of rotatable bonds is 11. The lowest BCUT2D eigenvalue weighted by Gasteiger charge is -2.33. The van der Waals surface area contributed by atoms with Crippen LogP contribution in [0, 0.1) is 11.8 Å². The van der Waals surface area contributed by atoms with Gasteiger partial charge in [-0.05, 0) is 24.7 Å². The smallest absolute Gasteiger partial charge is 0.410 e. The molecule has 0 aromatic carbocycles. The predicted octanol–water partition coefficient (Wildman–Crippen LogP) is 3.54. The van der Waals surface area contributed by atoms with E-state index in [-0.39, 0.29) is 25.0 Å². The lowest BCUT2D eigenvalue weighted by Crippen LogP contribution is -2.51. The van der Waals surface area contributed by atoms with Gasteiger partial charge in [-0.25, -0.2) is 4.79 Å². The number of aliphatic carboxylic acids is 1. The Hall–Kier alpha value is -2.05. The number of hydrogen-bond acceptors (Lipinski definition) is 4. The maximum atomic E-state index is 13.2. The SMILES string of the molecule is C=CCOC(=O)N(C)[C@@H](CC(C)C)C(=O)N(CCC1CCCCC1)CC(=O)O. The van der Waals surface area contributed by atoms with Crippen molar-refractivity contribution in [1.29, 1.82) is 0 Å². The van der Waals surface area contributed by atoms with Crippen LogP contribution in [0.1, 0.15) is 58.8 Å². The minimum Gasteiger partial charge on any atom is -0.480 e. The molecule has 1 saturated carbocycles. The molecule has 7 nitrogen and oxygen atoms in total. The van der Waals surface area contributed by atoms with Crippen molar-refractivity contribution < 1.29 is 24.2 Å². The average molecular weight is 397 g/mol. The summed E-state index contributed by atoms with van der Waals surface area (Å²) in [6.07, 6.45) is 8.03. The molecule has 2 amide bonds.